The summed E-state index contributed by atoms with van der Waals surface area (Å²) in [5, 5.41) is 19.3. The summed E-state index contributed by atoms with van der Waals surface area (Å²) in [5.74, 6) is 0. The maximum atomic E-state index is 12.5. The summed E-state index contributed by atoms with van der Waals surface area (Å²) in [7, 11) is 1.48. The molecule has 0 saturated carbocycles. The second-order valence-corrected chi connectivity index (χ2v) is 3.79. The summed E-state index contributed by atoms with van der Waals surface area (Å²) in [6.07, 6.45) is -4.51. The van der Waals surface area contributed by atoms with Gasteiger partial charge in [-0.2, -0.15) is 18.4 Å². The molecule has 8 heteroatoms. The Labute approximate surface area is 107 Å². The van der Waals surface area contributed by atoms with Crippen molar-refractivity contribution in [2.75, 3.05) is 18.5 Å². The van der Waals surface area contributed by atoms with Crippen molar-refractivity contribution in [3.63, 3.8) is 0 Å². The molecule has 0 atom stereocenters. The Hall–Kier alpha value is -2.30. The predicted octanol–water partition coefficient (Wildman–Crippen LogP) is 2.96. The molecule has 1 aromatic carbocycles. The molecule has 0 amide bonds. The van der Waals surface area contributed by atoms with Gasteiger partial charge in [0, 0.05) is 19.7 Å². The minimum atomic E-state index is -4.63. The highest BCUT2D eigenvalue weighted by molar-refractivity contribution is 5.64. The highest BCUT2D eigenvalue weighted by Crippen LogP contribution is 2.36. The van der Waals surface area contributed by atoms with E-state index in [2.05, 4.69) is 0 Å². The van der Waals surface area contributed by atoms with E-state index in [1.165, 1.54) is 11.9 Å². The molecular weight excluding hydrogens is 263 g/mol. The molecule has 0 unspecified atom stereocenters. The zero-order chi connectivity index (χ0) is 14.6. The molecular formula is C11H10F3N3O2. The lowest BCUT2D eigenvalue weighted by atomic mass is 10.1. The molecule has 0 radical (unpaired) electrons. The molecule has 19 heavy (non-hydrogen) atoms. The molecule has 0 aliphatic rings. The molecule has 0 heterocycles. The summed E-state index contributed by atoms with van der Waals surface area (Å²) < 4.78 is 37.5. The van der Waals surface area contributed by atoms with Gasteiger partial charge in [0.15, 0.2) is 0 Å². The standard InChI is InChI=1S/C11H10F3N3O2/c1-16(6-2-5-15)9-4-3-8(11(12,13)14)7-10(9)17(18)19/h3-4,7H,2,6H2,1H3. The van der Waals surface area contributed by atoms with Crippen LogP contribution in [0.15, 0.2) is 18.2 Å². The molecule has 102 valence electrons. The fourth-order valence-corrected chi connectivity index (χ4v) is 1.51. The number of nitro benzene ring substituents is 1. The third-order valence-electron chi connectivity index (χ3n) is 2.47. The van der Waals surface area contributed by atoms with E-state index in [4.69, 9.17) is 5.26 Å². The molecule has 0 fully saturated rings. The molecule has 0 bridgehead atoms. The zero-order valence-electron chi connectivity index (χ0n) is 9.94. The minimum Gasteiger partial charge on any atom is -0.368 e. The predicted molar refractivity (Wildman–Crippen MR) is 61.6 cm³/mol. The molecule has 1 rings (SSSR count). The van der Waals surface area contributed by atoms with E-state index in [9.17, 15) is 23.3 Å². The Bertz CT molecular complexity index is 523. The highest BCUT2D eigenvalue weighted by atomic mass is 19.4. The maximum absolute atomic E-state index is 12.5. The van der Waals surface area contributed by atoms with Gasteiger partial charge in [-0.25, -0.2) is 0 Å². The van der Waals surface area contributed by atoms with E-state index in [0.29, 0.717) is 6.07 Å². The number of nitriles is 1. The number of hydrogen-bond donors (Lipinski definition) is 0. The summed E-state index contributed by atoms with van der Waals surface area (Å²) in [5.41, 5.74) is -1.65. The van der Waals surface area contributed by atoms with Crippen LogP contribution >= 0.6 is 0 Å². The van der Waals surface area contributed by atoms with Crippen molar-refractivity contribution in [3.05, 3.63) is 33.9 Å². The Morgan fingerprint density at radius 1 is 1.47 bits per heavy atom. The van der Waals surface area contributed by atoms with Gasteiger partial charge in [0.1, 0.15) is 5.69 Å². The van der Waals surface area contributed by atoms with Crippen LogP contribution in [0.4, 0.5) is 24.5 Å². The lowest BCUT2D eigenvalue weighted by molar-refractivity contribution is -0.384. The Balaban J connectivity index is 3.20. The SMILES string of the molecule is CN(CCC#N)c1ccc(C(F)(F)F)cc1[N+](=O)[O-]. The number of anilines is 1. The minimum absolute atomic E-state index is 0.0493. The van der Waals surface area contributed by atoms with Crippen molar-refractivity contribution >= 4 is 11.4 Å². The second-order valence-electron chi connectivity index (χ2n) is 3.79. The van der Waals surface area contributed by atoms with Crippen LogP contribution in [0.5, 0.6) is 0 Å². The van der Waals surface area contributed by atoms with Crippen molar-refractivity contribution in [1.29, 1.82) is 5.26 Å². The van der Waals surface area contributed by atoms with Gasteiger partial charge in [-0.1, -0.05) is 0 Å². The number of halogens is 3. The van der Waals surface area contributed by atoms with Crippen molar-refractivity contribution in [3.8, 4) is 6.07 Å². The van der Waals surface area contributed by atoms with Crippen molar-refractivity contribution in [2.24, 2.45) is 0 Å². The Kier molecular flexibility index (Phi) is 4.32. The summed E-state index contributed by atoms with van der Waals surface area (Å²) in [4.78, 5) is 11.3. The van der Waals surface area contributed by atoms with Crippen molar-refractivity contribution in [1.82, 2.24) is 0 Å². The molecule has 0 aliphatic carbocycles. The molecule has 0 aliphatic heterocycles. The monoisotopic (exact) mass is 273 g/mol. The Morgan fingerprint density at radius 2 is 2.11 bits per heavy atom. The number of alkyl halides is 3. The van der Waals surface area contributed by atoms with Crippen molar-refractivity contribution < 1.29 is 18.1 Å². The number of hydrogen-bond acceptors (Lipinski definition) is 4. The van der Waals surface area contributed by atoms with E-state index in [-0.39, 0.29) is 18.7 Å². The van der Waals surface area contributed by atoms with Gasteiger partial charge in [0.25, 0.3) is 5.69 Å². The summed E-state index contributed by atoms with van der Waals surface area (Å²) in [6.45, 7) is 0.197. The summed E-state index contributed by atoms with van der Waals surface area (Å²) in [6, 6.07) is 4.18. The van der Waals surface area contributed by atoms with Crippen LogP contribution in [-0.2, 0) is 6.18 Å². The van der Waals surface area contributed by atoms with E-state index in [1.54, 1.807) is 0 Å². The van der Waals surface area contributed by atoms with Crippen LogP contribution in [-0.4, -0.2) is 18.5 Å². The fourth-order valence-electron chi connectivity index (χ4n) is 1.51. The van der Waals surface area contributed by atoms with Crippen LogP contribution < -0.4 is 4.90 Å². The molecule has 5 nitrogen and oxygen atoms in total. The number of benzene rings is 1. The first-order chi connectivity index (χ1) is 8.77. The largest absolute Gasteiger partial charge is 0.416 e. The topological polar surface area (TPSA) is 70.2 Å². The maximum Gasteiger partial charge on any atom is 0.416 e. The fraction of sp³-hybridized carbons (Fsp3) is 0.364. The average molecular weight is 273 g/mol. The van der Waals surface area contributed by atoms with Gasteiger partial charge in [-0.15, -0.1) is 0 Å². The smallest absolute Gasteiger partial charge is 0.368 e. The Morgan fingerprint density at radius 3 is 2.58 bits per heavy atom. The van der Waals surface area contributed by atoms with Crippen LogP contribution in [0.3, 0.4) is 0 Å². The van der Waals surface area contributed by atoms with E-state index in [1.807, 2.05) is 6.07 Å². The normalized spacial score (nSPS) is 10.9. The van der Waals surface area contributed by atoms with Gasteiger partial charge >= 0.3 is 6.18 Å². The van der Waals surface area contributed by atoms with E-state index >= 15 is 0 Å². The van der Waals surface area contributed by atoms with Gasteiger partial charge in [0.05, 0.1) is 23.0 Å². The van der Waals surface area contributed by atoms with Crippen LogP contribution in [0, 0.1) is 21.4 Å². The van der Waals surface area contributed by atoms with Crippen LogP contribution in [0.2, 0.25) is 0 Å². The lowest BCUT2D eigenvalue weighted by Gasteiger charge is -2.18. The van der Waals surface area contributed by atoms with Gasteiger partial charge in [0.2, 0.25) is 0 Å². The molecule has 0 aromatic heterocycles. The van der Waals surface area contributed by atoms with Gasteiger partial charge in [-0.3, -0.25) is 10.1 Å². The van der Waals surface area contributed by atoms with E-state index in [0.717, 1.165) is 12.1 Å². The third-order valence-corrected chi connectivity index (χ3v) is 2.47. The highest BCUT2D eigenvalue weighted by Gasteiger charge is 2.33. The van der Waals surface area contributed by atoms with Crippen LogP contribution in [0.1, 0.15) is 12.0 Å². The second kappa shape index (κ2) is 5.56. The van der Waals surface area contributed by atoms with Gasteiger partial charge in [-0.05, 0) is 12.1 Å². The number of rotatable bonds is 4. The van der Waals surface area contributed by atoms with Gasteiger partial charge < -0.3 is 4.90 Å². The first-order valence-electron chi connectivity index (χ1n) is 5.21. The average Bonchev–Trinajstić information content (AvgIpc) is 2.34. The van der Waals surface area contributed by atoms with Crippen molar-refractivity contribution in [2.45, 2.75) is 12.6 Å². The molecule has 1 aromatic rings. The number of nitrogens with zero attached hydrogens (tertiary/aromatic N) is 3. The quantitative estimate of drug-likeness (QED) is 0.624. The molecule has 0 spiro atoms. The first-order valence-corrected chi connectivity index (χ1v) is 5.21. The van der Waals surface area contributed by atoms with E-state index < -0.39 is 22.4 Å². The third kappa shape index (κ3) is 3.58. The van der Waals surface area contributed by atoms with Crippen LogP contribution in [0.25, 0.3) is 0 Å². The summed E-state index contributed by atoms with van der Waals surface area (Å²) >= 11 is 0. The first kappa shape index (κ1) is 14.8. The lowest BCUT2D eigenvalue weighted by Crippen LogP contribution is -2.19. The zero-order valence-corrected chi connectivity index (χ0v) is 9.94. The number of nitro groups is 1. The molecule has 0 N–H and O–H groups in total. The molecule has 0 saturated heterocycles.